The zero-order valence-electron chi connectivity index (χ0n) is 19.4. The lowest BCUT2D eigenvalue weighted by atomic mass is 10.1. The van der Waals surface area contributed by atoms with Crippen molar-refractivity contribution in [2.24, 2.45) is 0 Å². The zero-order valence-corrected chi connectivity index (χ0v) is 19.4. The van der Waals surface area contributed by atoms with Gasteiger partial charge in [-0.05, 0) is 45.4 Å². The van der Waals surface area contributed by atoms with Gasteiger partial charge in [-0.1, -0.05) is 6.07 Å². The topological polar surface area (TPSA) is 131 Å². The second-order valence-corrected chi connectivity index (χ2v) is 8.43. The fourth-order valence-corrected chi connectivity index (χ4v) is 3.95. The molecule has 0 spiro atoms. The molecule has 2 aromatic heterocycles. The van der Waals surface area contributed by atoms with Crippen molar-refractivity contribution >= 4 is 11.6 Å². The number of hydrogen-bond donors (Lipinski definition) is 2. The first kappa shape index (κ1) is 23.7. The molecular weight excluding hydrogens is 445 g/mol. The van der Waals surface area contributed by atoms with Crippen LogP contribution in [0.1, 0.15) is 48.5 Å². The Hall–Kier alpha value is -3.48. The average molecular weight is 471 g/mol. The molecule has 0 fully saturated rings. The molecule has 1 atom stereocenters. The summed E-state index contributed by atoms with van der Waals surface area (Å²) in [6.45, 7) is 7.40. The number of aromatic nitrogens is 5. The van der Waals surface area contributed by atoms with Gasteiger partial charge in [-0.3, -0.25) is 14.2 Å². The first-order valence-corrected chi connectivity index (χ1v) is 10.9. The molecule has 3 heterocycles. The summed E-state index contributed by atoms with van der Waals surface area (Å²) in [7, 11) is 0. The molecule has 3 aromatic rings. The maximum atomic E-state index is 13.9. The van der Waals surface area contributed by atoms with Gasteiger partial charge in [0, 0.05) is 6.54 Å². The molecule has 0 radical (unpaired) electrons. The van der Waals surface area contributed by atoms with Crippen LogP contribution in [0.25, 0.3) is 5.69 Å². The number of benzene rings is 1. The van der Waals surface area contributed by atoms with E-state index in [-0.39, 0.29) is 36.8 Å². The normalized spacial score (nSPS) is 15.6. The Morgan fingerprint density at radius 1 is 1.38 bits per heavy atom. The molecular formula is C22H26FN7O4. The minimum absolute atomic E-state index is 0.0203. The summed E-state index contributed by atoms with van der Waals surface area (Å²) in [5, 5.41) is 19.0. The van der Waals surface area contributed by atoms with E-state index in [2.05, 4.69) is 20.4 Å². The Balaban J connectivity index is 1.72. The van der Waals surface area contributed by atoms with E-state index in [4.69, 9.17) is 4.74 Å². The van der Waals surface area contributed by atoms with Gasteiger partial charge in [0.1, 0.15) is 29.4 Å². The number of quaternary nitrogens is 1. The number of hydrogen-bond acceptors (Lipinski definition) is 7. The van der Waals surface area contributed by atoms with Crippen LogP contribution in [0.4, 0.5) is 10.1 Å². The van der Waals surface area contributed by atoms with Gasteiger partial charge in [-0.15, -0.1) is 0 Å². The fraction of sp³-hybridized carbons (Fsp3) is 0.409. The molecule has 1 unspecified atom stereocenters. The number of aryl methyl sites for hydroxylation is 1. The third-order valence-corrected chi connectivity index (χ3v) is 5.73. The predicted octanol–water partition coefficient (Wildman–Crippen LogP) is 0.501. The standard InChI is InChI=1S/C22H26FN7O4/c1-5-29(33)18-17(27-21-22(3,4)34-9-8-28(21)20(18)32)19(31)24-11-14-6-7-15(23)10-16(14)30-13(2)25-12-26-30/h6-7,10,12,29H,5,8-9,11H2,1-4H3,(H,24,31). The van der Waals surface area contributed by atoms with Crippen molar-refractivity contribution in [1.82, 2.24) is 29.6 Å². The van der Waals surface area contributed by atoms with E-state index in [1.165, 1.54) is 33.8 Å². The van der Waals surface area contributed by atoms with Crippen LogP contribution in [-0.4, -0.2) is 43.4 Å². The Kier molecular flexibility index (Phi) is 6.30. The first-order valence-electron chi connectivity index (χ1n) is 10.9. The summed E-state index contributed by atoms with van der Waals surface area (Å²) in [5.74, 6) is -0.338. The van der Waals surface area contributed by atoms with Crippen LogP contribution in [0.2, 0.25) is 0 Å². The van der Waals surface area contributed by atoms with Crippen molar-refractivity contribution in [2.45, 2.75) is 46.4 Å². The Morgan fingerprint density at radius 2 is 2.15 bits per heavy atom. The highest BCUT2D eigenvalue weighted by molar-refractivity contribution is 5.96. The number of amides is 1. The van der Waals surface area contributed by atoms with Gasteiger partial charge in [0.05, 0.1) is 25.4 Å². The minimum atomic E-state index is -0.908. The largest absolute Gasteiger partial charge is 0.629 e. The smallest absolute Gasteiger partial charge is 0.316 e. The molecule has 180 valence electrons. The summed E-state index contributed by atoms with van der Waals surface area (Å²) in [5.41, 5.74) is -0.984. The van der Waals surface area contributed by atoms with Crippen LogP contribution in [0.3, 0.4) is 0 Å². The van der Waals surface area contributed by atoms with E-state index in [1.54, 1.807) is 27.7 Å². The molecule has 1 aliphatic heterocycles. The van der Waals surface area contributed by atoms with E-state index in [0.29, 0.717) is 23.7 Å². The van der Waals surface area contributed by atoms with Crippen LogP contribution in [0, 0.1) is 17.9 Å². The van der Waals surface area contributed by atoms with Crippen LogP contribution < -0.4 is 15.9 Å². The highest BCUT2D eigenvalue weighted by Gasteiger charge is 2.36. The molecule has 2 N–H and O–H groups in total. The average Bonchev–Trinajstić information content (AvgIpc) is 3.23. The third-order valence-electron chi connectivity index (χ3n) is 5.73. The Morgan fingerprint density at radius 3 is 2.82 bits per heavy atom. The van der Waals surface area contributed by atoms with Crippen LogP contribution in [0.15, 0.2) is 29.3 Å². The summed E-state index contributed by atoms with van der Waals surface area (Å²) in [6.07, 6.45) is 1.35. The molecule has 34 heavy (non-hydrogen) atoms. The molecule has 11 nitrogen and oxygen atoms in total. The molecule has 12 heteroatoms. The maximum Gasteiger partial charge on any atom is 0.316 e. The van der Waals surface area contributed by atoms with E-state index in [0.717, 1.165) is 0 Å². The van der Waals surface area contributed by atoms with E-state index < -0.39 is 27.9 Å². The van der Waals surface area contributed by atoms with Gasteiger partial charge in [-0.25, -0.2) is 19.0 Å². The molecule has 1 aliphatic rings. The van der Waals surface area contributed by atoms with Crippen molar-refractivity contribution < 1.29 is 19.0 Å². The molecule has 0 bridgehead atoms. The number of hydroxylamine groups is 1. The summed E-state index contributed by atoms with van der Waals surface area (Å²) in [6, 6.07) is 4.08. The van der Waals surface area contributed by atoms with Crippen LogP contribution in [0.5, 0.6) is 0 Å². The third kappa shape index (κ3) is 4.22. The molecule has 0 saturated carbocycles. The van der Waals surface area contributed by atoms with Gasteiger partial charge in [0.25, 0.3) is 5.91 Å². The lowest BCUT2D eigenvalue weighted by Crippen LogP contribution is -3.03. The second kappa shape index (κ2) is 9.05. The van der Waals surface area contributed by atoms with Crippen LogP contribution in [-0.2, 0) is 23.4 Å². The van der Waals surface area contributed by atoms with Crippen molar-refractivity contribution in [3.05, 3.63) is 68.8 Å². The quantitative estimate of drug-likeness (QED) is 0.501. The Labute approximate surface area is 194 Å². The number of halogens is 1. The van der Waals surface area contributed by atoms with Crippen molar-refractivity contribution in [2.75, 3.05) is 13.2 Å². The summed E-state index contributed by atoms with van der Waals surface area (Å²) >= 11 is 0. The SMILES string of the molecule is CC[NH+]([O-])c1c(C(=O)NCc2ccc(F)cc2-n2ncnc2C)nc2n(c1=O)CCOC2(C)C. The molecule has 0 saturated heterocycles. The lowest BCUT2D eigenvalue weighted by molar-refractivity contribution is -0.775. The Bertz CT molecular complexity index is 1300. The van der Waals surface area contributed by atoms with Crippen molar-refractivity contribution in [1.29, 1.82) is 0 Å². The van der Waals surface area contributed by atoms with Crippen molar-refractivity contribution in [3.8, 4) is 5.69 Å². The zero-order chi connectivity index (χ0) is 24.6. The highest BCUT2D eigenvalue weighted by Crippen LogP contribution is 2.26. The number of nitrogens with zero attached hydrogens (tertiary/aromatic N) is 5. The second-order valence-electron chi connectivity index (χ2n) is 8.43. The van der Waals surface area contributed by atoms with E-state index >= 15 is 0 Å². The number of fused-ring (bicyclic) bond motifs is 1. The predicted molar refractivity (Wildman–Crippen MR) is 119 cm³/mol. The number of carbonyl (C=O) groups is 1. The van der Waals surface area contributed by atoms with Gasteiger partial charge in [-0.2, -0.15) is 5.10 Å². The minimum Gasteiger partial charge on any atom is -0.629 e. The van der Waals surface area contributed by atoms with Gasteiger partial charge in [0.2, 0.25) is 5.69 Å². The monoisotopic (exact) mass is 471 g/mol. The molecule has 1 amide bonds. The van der Waals surface area contributed by atoms with Gasteiger partial charge in [0.15, 0.2) is 5.69 Å². The number of ether oxygens (including phenoxy) is 1. The van der Waals surface area contributed by atoms with E-state index in [1.807, 2.05) is 0 Å². The van der Waals surface area contributed by atoms with E-state index in [9.17, 15) is 19.2 Å². The molecule has 4 rings (SSSR count). The summed E-state index contributed by atoms with van der Waals surface area (Å²) in [4.78, 5) is 34.9. The molecule has 1 aromatic carbocycles. The highest BCUT2D eigenvalue weighted by atomic mass is 19.1. The first-order chi connectivity index (χ1) is 16.1. The summed E-state index contributed by atoms with van der Waals surface area (Å²) < 4.78 is 22.5. The fourth-order valence-electron chi connectivity index (χ4n) is 3.95. The van der Waals surface area contributed by atoms with Crippen molar-refractivity contribution in [3.63, 3.8) is 0 Å². The van der Waals surface area contributed by atoms with Gasteiger partial charge < -0.3 is 20.3 Å². The number of carbonyl (C=O) groups excluding carboxylic acids is 1. The maximum absolute atomic E-state index is 13.9. The number of rotatable bonds is 6. The number of nitrogens with one attached hydrogen (secondary N) is 2. The van der Waals surface area contributed by atoms with Gasteiger partial charge >= 0.3 is 5.56 Å². The lowest BCUT2D eigenvalue weighted by Gasteiger charge is -2.33. The molecule has 0 aliphatic carbocycles. The van der Waals surface area contributed by atoms with Crippen LogP contribution >= 0.6 is 0 Å².